The summed E-state index contributed by atoms with van der Waals surface area (Å²) in [6.07, 6.45) is 10.3. The van der Waals surface area contributed by atoms with E-state index in [2.05, 4.69) is 402 Å². The van der Waals surface area contributed by atoms with Crippen LogP contribution >= 0.6 is 0 Å². The van der Waals surface area contributed by atoms with E-state index in [1.54, 1.807) is 0 Å². The van der Waals surface area contributed by atoms with Crippen LogP contribution in [-0.4, -0.2) is 0 Å². The van der Waals surface area contributed by atoms with Gasteiger partial charge < -0.3 is 9.80 Å². The summed E-state index contributed by atoms with van der Waals surface area (Å²) in [6.45, 7) is 19.1. The van der Waals surface area contributed by atoms with Crippen molar-refractivity contribution in [2.75, 3.05) is 9.80 Å². The zero-order valence-corrected chi connectivity index (χ0v) is 57.2. The standard InChI is InChI=1S/C99H76N2/c1-7-19-94-90(10-4)92-64-62-88(66-96(92)98(94,80-46-26-68(5)27-47-80)82-50-30-70(8-2)31-51-82)100(84-54-38-76(39-55-84)72-20-13-11-14-21-72)86-58-42-78(43-59-86)74-34-36-75(37-35-74)79-44-60-87(61-45-79)101(85-56-40-77(41-57-85)73-22-15-12-16-23-73)89-63-65-93-91-24-17-18-25-95(91)99(97(93)67-89,81-48-28-69(6)29-49-81)83-52-32-71(9-3)33-53-83/h7-67H,2-4H2,1,5-6H3/b19-7-. The smallest absolute Gasteiger partial charge is 0.0714 e. The molecule has 2 nitrogen and oxygen atoms in total. The molecule has 2 heteroatoms. The van der Waals surface area contributed by atoms with Crippen LogP contribution in [0.4, 0.5) is 34.1 Å². The van der Waals surface area contributed by atoms with Crippen LogP contribution in [0, 0.1) is 13.8 Å². The van der Waals surface area contributed by atoms with Gasteiger partial charge >= 0.3 is 0 Å². The molecule has 2 aliphatic carbocycles. The number of nitrogens with zero attached hydrogens (tertiary/aromatic N) is 2. The van der Waals surface area contributed by atoms with Crippen LogP contribution in [0.1, 0.15) is 73.7 Å². The first kappa shape index (κ1) is 63.1. The molecule has 14 aromatic carbocycles. The van der Waals surface area contributed by atoms with Crippen molar-refractivity contribution in [3.63, 3.8) is 0 Å². The summed E-state index contributed by atoms with van der Waals surface area (Å²) < 4.78 is 0. The molecule has 16 rings (SSSR count). The summed E-state index contributed by atoms with van der Waals surface area (Å²) in [7, 11) is 0. The Bertz CT molecular complexity index is 5450. The van der Waals surface area contributed by atoms with Crippen LogP contribution < -0.4 is 9.80 Å². The molecule has 0 fully saturated rings. The predicted octanol–water partition coefficient (Wildman–Crippen LogP) is 26.4. The Hall–Kier alpha value is -12.6. The van der Waals surface area contributed by atoms with Gasteiger partial charge in [0, 0.05) is 34.1 Å². The minimum absolute atomic E-state index is 0.586. The van der Waals surface area contributed by atoms with E-state index in [1.807, 2.05) is 18.2 Å². The molecule has 2 unspecified atom stereocenters. The Morgan fingerprint density at radius 1 is 0.267 bits per heavy atom. The van der Waals surface area contributed by atoms with Crippen LogP contribution in [-0.2, 0) is 10.8 Å². The molecule has 0 saturated heterocycles. The highest BCUT2D eigenvalue weighted by atomic mass is 15.1. The molecule has 0 heterocycles. The number of hydrogen-bond donors (Lipinski definition) is 0. The van der Waals surface area contributed by atoms with Crippen LogP contribution in [0.15, 0.2) is 383 Å². The molecular weight excluding hydrogens is 1220 g/mol. The number of anilines is 6. The van der Waals surface area contributed by atoms with Crippen molar-refractivity contribution in [2.45, 2.75) is 31.6 Å². The van der Waals surface area contributed by atoms with Crippen LogP contribution in [0.5, 0.6) is 0 Å². The highest BCUT2D eigenvalue weighted by Gasteiger charge is 2.48. The molecule has 0 saturated carbocycles. The zero-order chi connectivity index (χ0) is 68.6. The highest BCUT2D eigenvalue weighted by Crippen LogP contribution is 2.59. The van der Waals surface area contributed by atoms with Gasteiger partial charge in [0.1, 0.15) is 0 Å². The molecule has 0 amide bonds. The van der Waals surface area contributed by atoms with Crippen molar-refractivity contribution in [3.05, 3.63) is 450 Å². The van der Waals surface area contributed by atoms with Gasteiger partial charge in [-0.1, -0.05) is 328 Å². The lowest BCUT2D eigenvalue weighted by atomic mass is 9.66. The van der Waals surface area contributed by atoms with Gasteiger partial charge in [-0.3, -0.25) is 0 Å². The van der Waals surface area contributed by atoms with Crippen LogP contribution in [0.3, 0.4) is 0 Å². The Balaban J connectivity index is 0.755. The van der Waals surface area contributed by atoms with Gasteiger partial charge in [-0.25, -0.2) is 0 Å². The quantitative estimate of drug-likeness (QED) is 0.0845. The summed E-state index contributed by atoms with van der Waals surface area (Å²) in [6, 6.07) is 126. The summed E-state index contributed by atoms with van der Waals surface area (Å²) in [4.78, 5) is 4.82. The minimum Gasteiger partial charge on any atom is -0.310 e. The lowest BCUT2D eigenvalue weighted by molar-refractivity contribution is 0.760. The van der Waals surface area contributed by atoms with E-state index in [9.17, 15) is 0 Å². The summed E-state index contributed by atoms with van der Waals surface area (Å²) >= 11 is 0. The molecule has 2 aliphatic rings. The Morgan fingerprint density at radius 3 is 0.950 bits per heavy atom. The van der Waals surface area contributed by atoms with Gasteiger partial charge in [-0.15, -0.1) is 0 Å². The van der Waals surface area contributed by atoms with E-state index >= 15 is 0 Å². The third-order valence-corrected chi connectivity index (χ3v) is 20.9. The summed E-state index contributed by atoms with van der Waals surface area (Å²) in [5, 5.41) is 0. The lowest BCUT2D eigenvalue weighted by Crippen LogP contribution is -2.29. The number of benzene rings is 14. The number of aryl methyl sites for hydroxylation is 2. The first-order valence-electron chi connectivity index (χ1n) is 34.9. The van der Waals surface area contributed by atoms with E-state index in [0.717, 1.165) is 78.6 Å². The van der Waals surface area contributed by atoms with Gasteiger partial charge in [0.05, 0.1) is 10.8 Å². The fraction of sp³-hybridized carbons (Fsp3) is 0.0505. The third kappa shape index (κ3) is 11.1. The Morgan fingerprint density at radius 2 is 0.574 bits per heavy atom. The van der Waals surface area contributed by atoms with Crippen molar-refractivity contribution in [2.24, 2.45) is 0 Å². The Kier molecular flexibility index (Phi) is 16.7. The van der Waals surface area contributed by atoms with E-state index < -0.39 is 10.8 Å². The SMILES string of the molecule is C=CC1=C(/C=C\C)C(c2ccc(C)cc2)(c2ccc(C=C)cc2)c2cc(N(c3ccc(-c4ccccc4)cc3)c3ccc(-c4ccc(-c5ccc(N(c6ccc(-c7ccccc7)cc6)c6ccc7c(c6)C(c6ccc(C)cc6)(c6ccc(C=C)cc6)c6ccccc6-7)cc5)cc4)cc3)ccc21. The van der Waals surface area contributed by atoms with Gasteiger partial charge in [0.15, 0.2) is 0 Å². The van der Waals surface area contributed by atoms with Crippen molar-refractivity contribution < 1.29 is 0 Å². The second-order valence-corrected chi connectivity index (χ2v) is 26.6. The first-order chi connectivity index (χ1) is 49.7. The predicted molar refractivity (Wildman–Crippen MR) is 429 cm³/mol. The fourth-order valence-electron chi connectivity index (χ4n) is 15.9. The highest BCUT2D eigenvalue weighted by molar-refractivity contribution is 5.95. The first-order valence-corrected chi connectivity index (χ1v) is 34.9. The maximum Gasteiger partial charge on any atom is 0.0714 e. The average molecular weight is 1290 g/mol. The fourth-order valence-corrected chi connectivity index (χ4v) is 15.9. The van der Waals surface area contributed by atoms with Crippen molar-refractivity contribution in [1.29, 1.82) is 0 Å². The van der Waals surface area contributed by atoms with E-state index in [4.69, 9.17) is 0 Å². The average Bonchev–Trinajstić information content (AvgIpc) is 1.56. The monoisotopic (exact) mass is 1290 g/mol. The topological polar surface area (TPSA) is 6.48 Å². The van der Waals surface area contributed by atoms with Crippen LogP contribution in [0.2, 0.25) is 0 Å². The number of fused-ring (bicyclic) bond motifs is 4. The molecule has 0 aromatic heterocycles. The van der Waals surface area contributed by atoms with Gasteiger partial charge in [0.25, 0.3) is 0 Å². The van der Waals surface area contributed by atoms with Gasteiger partial charge in [-0.05, 0) is 216 Å². The number of hydrogen-bond acceptors (Lipinski definition) is 2. The maximum absolute atomic E-state index is 4.46. The number of allylic oxidation sites excluding steroid dienone is 5. The Labute approximate surface area is 595 Å². The molecule has 0 spiro atoms. The second-order valence-electron chi connectivity index (χ2n) is 26.6. The van der Waals surface area contributed by atoms with Crippen molar-refractivity contribution in [1.82, 2.24) is 0 Å². The van der Waals surface area contributed by atoms with E-state index in [0.29, 0.717) is 0 Å². The summed E-state index contributed by atoms with van der Waals surface area (Å²) in [5.74, 6) is 0. The van der Waals surface area contributed by atoms with Crippen molar-refractivity contribution in [3.8, 4) is 55.6 Å². The van der Waals surface area contributed by atoms with E-state index in [1.165, 1.54) is 89.0 Å². The largest absolute Gasteiger partial charge is 0.310 e. The molecule has 14 aromatic rings. The molecule has 2 atom stereocenters. The molecule has 0 bridgehead atoms. The molecule has 0 N–H and O–H groups in total. The lowest BCUT2D eigenvalue weighted by Gasteiger charge is -2.36. The van der Waals surface area contributed by atoms with Crippen LogP contribution in [0.25, 0.3) is 73.4 Å². The molecular formula is C99H76N2. The number of rotatable bonds is 18. The van der Waals surface area contributed by atoms with E-state index in [-0.39, 0.29) is 0 Å². The maximum atomic E-state index is 4.46. The second kappa shape index (κ2) is 26.7. The molecule has 0 aliphatic heterocycles. The third-order valence-electron chi connectivity index (χ3n) is 20.9. The van der Waals surface area contributed by atoms with Gasteiger partial charge in [0.2, 0.25) is 0 Å². The minimum atomic E-state index is -0.653. The van der Waals surface area contributed by atoms with Crippen molar-refractivity contribution >= 4 is 51.8 Å². The summed E-state index contributed by atoms with van der Waals surface area (Å²) in [5.41, 5.74) is 33.5. The molecule has 0 radical (unpaired) electrons. The molecule has 482 valence electrons. The normalized spacial score (nSPS) is 15.0. The molecule has 101 heavy (non-hydrogen) atoms. The zero-order valence-electron chi connectivity index (χ0n) is 57.2. The van der Waals surface area contributed by atoms with Gasteiger partial charge in [-0.2, -0.15) is 0 Å².